The fraction of sp³-hybridized carbons (Fsp3) is 0.417. The summed E-state index contributed by atoms with van der Waals surface area (Å²) in [4.78, 5) is 31.2. The summed E-state index contributed by atoms with van der Waals surface area (Å²) in [6.45, 7) is 2.14. The molecule has 1 saturated carbocycles. The number of halogens is 2. The van der Waals surface area contributed by atoms with Crippen molar-refractivity contribution in [3.8, 4) is 23.1 Å². The van der Waals surface area contributed by atoms with E-state index in [1.165, 1.54) is 0 Å². The van der Waals surface area contributed by atoms with Crippen LogP contribution < -0.4 is 10.1 Å². The molecule has 0 radical (unpaired) electrons. The Hall–Kier alpha value is -3.04. The van der Waals surface area contributed by atoms with Crippen LogP contribution in [0.25, 0.3) is 11.3 Å². The van der Waals surface area contributed by atoms with Gasteiger partial charge in [-0.1, -0.05) is 11.6 Å². The number of amides is 1. The number of aromatic nitrogens is 4. The third kappa shape index (κ3) is 2.86. The molecule has 3 aromatic heterocycles. The minimum Gasteiger partial charge on any atom is -0.402 e. The molecule has 0 bridgehead atoms. The van der Waals surface area contributed by atoms with Gasteiger partial charge in [0.05, 0.1) is 17.0 Å². The highest BCUT2D eigenvalue weighted by Gasteiger charge is 2.52. The molecular formula is C24H22ClFN6O2. The van der Waals surface area contributed by atoms with Gasteiger partial charge in [0.1, 0.15) is 5.15 Å². The Morgan fingerprint density at radius 1 is 1.18 bits per heavy atom. The van der Waals surface area contributed by atoms with Crippen molar-refractivity contribution in [3.63, 3.8) is 0 Å². The van der Waals surface area contributed by atoms with Crippen LogP contribution in [-0.2, 0) is 31.2 Å². The zero-order valence-corrected chi connectivity index (χ0v) is 19.4. The quantitative estimate of drug-likeness (QED) is 0.546. The van der Waals surface area contributed by atoms with E-state index < -0.39 is 5.82 Å². The van der Waals surface area contributed by atoms with E-state index in [1.807, 2.05) is 7.05 Å². The van der Waals surface area contributed by atoms with Crippen LogP contribution in [-0.4, -0.2) is 50.9 Å². The Morgan fingerprint density at radius 3 is 2.85 bits per heavy atom. The number of carbonyl (C=O) groups is 1. The fourth-order valence-corrected chi connectivity index (χ4v) is 5.81. The highest BCUT2D eigenvalue weighted by molar-refractivity contribution is 6.30. The number of aromatic amines is 1. The van der Waals surface area contributed by atoms with E-state index >= 15 is 4.39 Å². The lowest BCUT2D eigenvalue weighted by Crippen LogP contribution is -2.39. The molecule has 2 aliphatic carbocycles. The van der Waals surface area contributed by atoms with Crippen molar-refractivity contribution in [2.45, 2.75) is 44.1 Å². The summed E-state index contributed by atoms with van der Waals surface area (Å²) in [6, 6.07) is -0.0159. The summed E-state index contributed by atoms with van der Waals surface area (Å²) in [6.07, 6.45) is 5.66. The lowest BCUT2D eigenvalue weighted by molar-refractivity contribution is 0.0936. The van der Waals surface area contributed by atoms with Crippen molar-refractivity contribution in [1.82, 2.24) is 30.2 Å². The molecular weight excluding hydrogens is 459 g/mol. The predicted molar refractivity (Wildman–Crippen MR) is 122 cm³/mol. The summed E-state index contributed by atoms with van der Waals surface area (Å²) in [5.41, 5.74) is 6.02. The Morgan fingerprint density at radius 2 is 2.03 bits per heavy atom. The molecule has 1 fully saturated rings. The highest BCUT2D eigenvalue weighted by atomic mass is 35.5. The number of carbonyl (C=O) groups excluding carboxylic acids is 1. The molecule has 8 nitrogen and oxygen atoms in total. The molecule has 0 atom stereocenters. The number of pyridine rings is 1. The SMILES string of the molecule is CN1CCc2nc(Oc3ncc4c(c3F)-c3[nH]c5c(c3CC4)C(=O)NCC53CC3)nc(Cl)c2C1. The van der Waals surface area contributed by atoms with Gasteiger partial charge in [0.25, 0.3) is 11.8 Å². The molecule has 0 saturated heterocycles. The summed E-state index contributed by atoms with van der Waals surface area (Å²) in [5, 5.41) is 3.33. The van der Waals surface area contributed by atoms with Crippen LogP contribution >= 0.6 is 11.6 Å². The Kier molecular flexibility index (Phi) is 4.18. The van der Waals surface area contributed by atoms with Gasteiger partial charge in [0, 0.05) is 54.5 Å². The van der Waals surface area contributed by atoms with E-state index in [0.29, 0.717) is 54.3 Å². The lowest BCUT2D eigenvalue weighted by atomic mass is 9.86. The molecule has 0 unspecified atom stereocenters. The summed E-state index contributed by atoms with van der Waals surface area (Å²) in [7, 11) is 2.01. The minimum atomic E-state index is -0.584. The standard InChI is InChI=1S/C24H22ClFN6O2/c1-32-7-4-14-13(9-32)20(25)31-23(29-14)34-22-17(26)15-11(8-27-22)2-3-12-16-19(30-18(12)15)24(5-6-24)10-28-21(16)33/h8,30H,2-7,9-10H2,1H3,(H,28,33). The number of hydrogen-bond acceptors (Lipinski definition) is 6. The van der Waals surface area contributed by atoms with Crippen molar-refractivity contribution in [1.29, 1.82) is 0 Å². The summed E-state index contributed by atoms with van der Waals surface area (Å²) >= 11 is 6.39. The maximum Gasteiger partial charge on any atom is 0.325 e. The van der Waals surface area contributed by atoms with Crippen LogP contribution in [0.2, 0.25) is 5.15 Å². The monoisotopic (exact) mass is 480 g/mol. The van der Waals surface area contributed by atoms with E-state index in [0.717, 1.165) is 47.5 Å². The number of likely N-dealkylation sites (N-methyl/N-ethyl adjacent to an activating group) is 1. The van der Waals surface area contributed by atoms with E-state index in [2.05, 4.69) is 30.2 Å². The van der Waals surface area contributed by atoms with Crippen molar-refractivity contribution < 1.29 is 13.9 Å². The maximum atomic E-state index is 15.9. The third-order valence-corrected chi connectivity index (χ3v) is 7.94. The topological polar surface area (TPSA) is 96.0 Å². The molecule has 34 heavy (non-hydrogen) atoms. The second-order valence-electron chi connectivity index (χ2n) is 9.78. The number of nitrogens with one attached hydrogen (secondary N) is 2. The van der Waals surface area contributed by atoms with Gasteiger partial charge in [-0.05, 0) is 43.9 Å². The van der Waals surface area contributed by atoms with Crippen LogP contribution in [0, 0.1) is 5.82 Å². The number of aryl methyl sites for hydroxylation is 1. The molecule has 10 heteroatoms. The first-order chi connectivity index (χ1) is 16.4. The molecule has 5 heterocycles. The average molecular weight is 481 g/mol. The maximum absolute atomic E-state index is 15.9. The van der Waals surface area contributed by atoms with Crippen molar-refractivity contribution in [2.75, 3.05) is 20.1 Å². The zero-order chi connectivity index (χ0) is 23.2. The lowest BCUT2D eigenvalue weighted by Gasteiger charge is -2.24. The molecule has 3 aromatic rings. The Labute approximate surface area is 199 Å². The average Bonchev–Trinajstić information content (AvgIpc) is 3.49. The normalized spacial score (nSPS) is 19.7. The minimum absolute atomic E-state index is 0.0159. The number of fused-ring (bicyclic) bond motifs is 7. The molecule has 2 aliphatic heterocycles. The fourth-order valence-electron chi connectivity index (χ4n) is 5.57. The van der Waals surface area contributed by atoms with E-state index in [1.54, 1.807) is 6.20 Å². The number of ether oxygens (including phenoxy) is 1. The molecule has 174 valence electrons. The summed E-state index contributed by atoms with van der Waals surface area (Å²) < 4.78 is 21.6. The molecule has 0 aromatic carbocycles. The van der Waals surface area contributed by atoms with Crippen LogP contribution in [0.15, 0.2) is 6.20 Å². The summed E-state index contributed by atoms with van der Waals surface area (Å²) in [5.74, 6) is -0.865. The van der Waals surface area contributed by atoms with Gasteiger partial charge >= 0.3 is 6.01 Å². The van der Waals surface area contributed by atoms with Gasteiger partial charge in [0.2, 0.25) is 0 Å². The van der Waals surface area contributed by atoms with Gasteiger partial charge in [-0.25, -0.2) is 9.37 Å². The van der Waals surface area contributed by atoms with E-state index in [-0.39, 0.29) is 23.2 Å². The first kappa shape index (κ1) is 20.3. The molecule has 4 aliphatic rings. The highest BCUT2D eigenvalue weighted by Crippen LogP contribution is 2.53. The number of hydrogen-bond donors (Lipinski definition) is 2. The smallest absolute Gasteiger partial charge is 0.325 e. The largest absolute Gasteiger partial charge is 0.402 e. The Bertz CT molecular complexity index is 1400. The molecule has 2 N–H and O–H groups in total. The number of H-pyrrole nitrogens is 1. The van der Waals surface area contributed by atoms with Crippen LogP contribution in [0.4, 0.5) is 4.39 Å². The van der Waals surface area contributed by atoms with Gasteiger partial charge in [-0.2, -0.15) is 9.97 Å². The van der Waals surface area contributed by atoms with Crippen LogP contribution in [0.3, 0.4) is 0 Å². The van der Waals surface area contributed by atoms with E-state index in [9.17, 15) is 4.79 Å². The number of nitrogens with zero attached hydrogens (tertiary/aromatic N) is 4. The van der Waals surface area contributed by atoms with Crippen molar-refractivity contribution >= 4 is 17.5 Å². The van der Waals surface area contributed by atoms with Gasteiger partial charge in [-0.3, -0.25) is 4.79 Å². The van der Waals surface area contributed by atoms with Gasteiger partial charge in [-0.15, -0.1) is 0 Å². The van der Waals surface area contributed by atoms with E-state index in [4.69, 9.17) is 16.3 Å². The van der Waals surface area contributed by atoms with Gasteiger partial charge < -0.3 is 19.9 Å². The Balaban J connectivity index is 1.30. The molecule has 1 amide bonds. The van der Waals surface area contributed by atoms with Crippen molar-refractivity contribution in [2.24, 2.45) is 0 Å². The second kappa shape index (κ2) is 6.99. The third-order valence-electron chi connectivity index (χ3n) is 7.63. The van der Waals surface area contributed by atoms with Crippen LogP contribution in [0.1, 0.15) is 51.3 Å². The first-order valence-corrected chi connectivity index (χ1v) is 11.9. The van der Waals surface area contributed by atoms with Crippen molar-refractivity contribution in [3.05, 3.63) is 50.8 Å². The predicted octanol–water partition coefficient (Wildman–Crippen LogP) is 3.31. The van der Waals surface area contributed by atoms with Gasteiger partial charge in [0.15, 0.2) is 5.82 Å². The molecule has 1 spiro atoms. The first-order valence-electron chi connectivity index (χ1n) is 11.6. The second-order valence-corrected chi connectivity index (χ2v) is 10.1. The molecule has 7 rings (SSSR count). The zero-order valence-electron chi connectivity index (χ0n) is 18.6. The van der Waals surface area contributed by atoms with Crippen LogP contribution in [0.5, 0.6) is 11.9 Å². The number of rotatable bonds is 2.